The van der Waals surface area contributed by atoms with Gasteiger partial charge in [0.15, 0.2) is 11.1 Å². The van der Waals surface area contributed by atoms with Crippen LogP contribution < -0.4 is 0 Å². The first-order valence-corrected chi connectivity index (χ1v) is 6.93. The fourth-order valence-electron chi connectivity index (χ4n) is 0.295. The maximum absolute atomic E-state index is 8.58. The third-order valence-electron chi connectivity index (χ3n) is 1.61. The van der Waals surface area contributed by atoms with Crippen LogP contribution in [-0.4, -0.2) is 11.1 Å². The summed E-state index contributed by atoms with van der Waals surface area (Å²) in [6.45, 7) is 14.0. The predicted molar refractivity (Wildman–Crippen MR) is 85.1 cm³/mol. The highest BCUT2D eigenvalue weighted by atomic mass is 15.2. The van der Waals surface area contributed by atoms with Gasteiger partial charge in [-0.05, 0) is 55.4 Å². The summed E-state index contributed by atoms with van der Waals surface area (Å²) in [6.07, 6.45) is 0. The molecule has 6 heteroatoms. The second-order valence-corrected chi connectivity index (χ2v) is 6.11. The Morgan fingerprint density at radius 3 is 0.909 bits per heavy atom. The Kier molecular flexibility index (Phi) is 13.8. The summed E-state index contributed by atoms with van der Waals surface area (Å²) in [4.78, 5) is 0. The molecule has 0 saturated carbocycles. The van der Waals surface area contributed by atoms with Gasteiger partial charge in [-0.25, -0.2) is 0 Å². The van der Waals surface area contributed by atoms with Crippen LogP contribution in [-0.2, 0) is 0 Å². The van der Waals surface area contributed by atoms with Crippen LogP contribution >= 0.6 is 0 Å². The lowest BCUT2D eigenvalue weighted by Crippen LogP contribution is -2.17. The summed E-state index contributed by atoms with van der Waals surface area (Å²) in [6, 6.07) is 7.99. The van der Waals surface area contributed by atoms with Crippen molar-refractivity contribution in [1.29, 1.82) is 21.0 Å². The average Bonchev–Trinajstić information content (AvgIpc) is 2.46. The Balaban J connectivity index is -0.000000298. The standard InChI is InChI=1S/C8H12N4.2C4H7N/c1-7(2,5-9)11-12-8(3,4)6-10;2*1-4(2)3-5/h1-4H3;2*4H,1-2H3. The summed E-state index contributed by atoms with van der Waals surface area (Å²) in [7, 11) is 0. The van der Waals surface area contributed by atoms with E-state index < -0.39 is 11.1 Å². The van der Waals surface area contributed by atoms with E-state index in [4.69, 9.17) is 21.0 Å². The highest BCUT2D eigenvalue weighted by Crippen LogP contribution is 2.13. The van der Waals surface area contributed by atoms with Gasteiger partial charge in [-0.15, -0.1) is 0 Å². The summed E-state index contributed by atoms with van der Waals surface area (Å²) >= 11 is 0. The first kappa shape index (κ1) is 24.6. The first-order chi connectivity index (χ1) is 9.87. The number of rotatable bonds is 2. The van der Waals surface area contributed by atoms with Crippen LogP contribution in [0.1, 0.15) is 55.4 Å². The third-order valence-corrected chi connectivity index (χ3v) is 1.61. The van der Waals surface area contributed by atoms with E-state index in [-0.39, 0.29) is 11.8 Å². The van der Waals surface area contributed by atoms with Crippen LogP contribution in [0.2, 0.25) is 0 Å². The average molecular weight is 302 g/mol. The van der Waals surface area contributed by atoms with Crippen molar-refractivity contribution >= 4 is 0 Å². The molecule has 0 unspecified atom stereocenters. The lowest BCUT2D eigenvalue weighted by molar-refractivity contribution is 0.541. The molecular weight excluding hydrogens is 276 g/mol. The van der Waals surface area contributed by atoms with E-state index in [9.17, 15) is 0 Å². The van der Waals surface area contributed by atoms with Crippen molar-refractivity contribution in [2.45, 2.75) is 66.5 Å². The molecule has 0 atom stereocenters. The Bertz CT molecular complexity index is 441. The predicted octanol–water partition coefficient (Wildman–Crippen LogP) is 4.37. The molecule has 0 aromatic rings. The second-order valence-electron chi connectivity index (χ2n) is 6.11. The molecule has 120 valence electrons. The topological polar surface area (TPSA) is 120 Å². The Morgan fingerprint density at radius 2 is 0.818 bits per heavy atom. The lowest BCUT2D eigenvalue weighted by atomic mass is 10.1. The van der Waals surface area contributed by atoms with Crippen molar-refractivity contribution in [3.05, 3.63) is 0 Å². The van der Waals surface area contributed by atoms with Gasteiger partial charge in [0.05, 0.1) is 24.3 Å². The highest BCUT2D eigenvalue weighted by molar-refractivity contribution is 5.03. The summed E-state index contributed by atoms with van der Waals surface area (Å²) in [5.41, 5.74) is -1.68. The van der Waals surface area contributed by atoms with E-state index in [1.165, 1.54) is 0 Å². The van der Waals surface area contributed by atoms with Crippen LogP contribution in [0.4, 0.5) is 0 Å². The maximum Gasteiger partial charge on any atom is 0.162 e. The molecule has 6 nitrogen and oxygen atoms in total. The Hall–Kier alpha value is -2.44. The normalized spacial score (nSPS) is 10.3. The van der Waals surface area contributed by atoms with E-state index in [1.54, 1.807) is 27.7 Å². The molecule has 0 aromatic heterocycles. The van der Waals surface area contributed by atoms with Gasteiger partial charge in [-0.2, -0.15) is 31.3 Å². The van der Waals surface area contributed by atoms with Crippen LogP contribution in [0, 0.1) is 57.2 Å². The molecule has 0 bridgehead atoms. The number of nitriles is 4. The molecule has 0 heterocycles. The molecule has 0 fully saturated rings. The maximum atomic E-state index is 8.58. The molecule has 0 aromatic carbocycles. The second kappa shape index (κ2) is 12.3. The van der Waals surface area contributed by atoms with Gasteiger partial charge in [0, 0.05) is 11.8 Å². The summed E-state index contributed by atoms with van der Waals surface area (Å²) < 4.78 is 0. The number of hydrogen-bond acceptors (Lipinski definition) is 6. The lowest BCUT2D eigenvalue weighted by Gasteiger charge is -2.11. The van der Waals surface area contributed by atoms with Crippen molar-refractivity contribution in [1.82, 2.24) is 0 Å². The molecule has 0 saturated heterocycles. The molecule has 0 aliphatic rings. The molecule has 0 rings (SSSR count). The number of hydrogen-bond donors (Lipinski definition) is 0. The largest absolute Gasteiger partial charge is 0.198 e. The number of nitrogens with zero attached hydrogens (tertiary/aromatic N) is 6. The zero-order valence-electron chi connectivity index (χ0n) is 14.8. The van der Waals surface area contributed by atoms with Crippen molar-refractivity contribution in [2.24, 2.45) is 22.1 Å². The van der Waals surface area contributed by atoms with Crippen LogP contribution in [0.25, 0.3) is 0 Å². The molecule has 0 amide bonds. The third kappa shape index (κ3) is 22.7. The minimum atomic E-state index is -0.839. The molecule has 22 heavy (non-hydrogen) atoms. The van der Waals surface area contributed by atoms with Gasteiger partial charge >= 0.3 is 0 Å². The fourth-order valence-corrected chi connectivity index (χ4v) is 0.295. The van der Waals surface area contributed by atoms with Gasteiger partial charge in [0.2, 0.25) is 0 Å². The minimum absolute atomic E-state index is 0.190. The molecule has 0 spiro atoms. The fraction of sp³-hybridized carbons (Fsp3) is 0.750. The molecule has 0 radical (unpaired) electrons. The van der Waals surface area contributed by atoms with Gasteiger partial charge in [-0.1, -0.05) is 0 Å². The van der Waals surface area contributed by atoms with Crippen LogP contribution in [0.5, 0.6) is 0 Å². The van der Waals surface area contributed by atoms with E-state index in [0.717, 1.165) is 0 Å². The monoisotopic (exact) mass is 302 g/mol. The molecule has 0 aliphatic heterocycles. The van der Waals surface area contributed by atoms with Crippen molar-refractivity contribution in [2.75, 3.05) is 0 Å². The smallest absolute Gasteiger partial charge is 0.162 e. The van der Waals surface area contributed by atoms with Crippen molar-refractivity contribution in [3.63, 3.8) is 0 Å². The SMILES string of the molecule is CC(C)(C#N)N=NC(C)(C)C#N.CC(C)C#N.CC(C)C#N. The highest BCUT2D eigenvalue weighted by Gasteiger charge is 2.19. The number of azo groups is 1. The van der Waals surface area contributed by atoms with E-state index in [2.05, 4.69) is 10.2 Å². The minimum Gasteiger partial charge on any atom is -0.198 e. The van der Waals surface area contributed by atoms with Crippen LogP contribution in [0.15, 0.2) is 10.2 Å². The van der Waals surface area contributed by atoms with E-state index in [0.29, 0.717) is 0 Å². The van der Waals surface area contributed by atoms with Gasteiger partial charge < -0.3 is 0 Å². The molecule has 0 aliphatic carbocycles. The van der Waals surface area contributed by atoms with Gasteiger partial charge in [-0.3, -0.25) is 0 Å². The quantitative estimate of drug-likeness (QED) is 0.703. The van der Waals surface area contributed by atoms with Crippen molar-refractivity contribution < 1.29 is 0 Å². The van der Waals surface area contributed by atoms with Gasteiger partial charge in [0.1, 0.15) is 0 Å². The van der Waals surface area contributed by atoms with E-state index >= 15 is 0 Å². The zero-order chi connectivity index (χ0) is 18.4. The Morgan fingerprint density at radius 1 is 0.636 bits per heavy atom. The Labute approximate surface area is 134 Å². The molecular formula is C16H26N6. The van der Waals surface area contributed by atoms with E-state index in [1.807, 2.05) is 52.0 Å². The summed E-state index contributed by atoms with van der Waals surface area (Å²) in [5, 5.41) is 40.5. The van der Waals surface area contributed by atoms with Gasteiger partial charge in [0.25, 0.3) is 0 Å². The summed E-state index contributed by atoms with van der Waals surface area (Å²) in [5.74, 6) is 0.380. The van der Waals surface area contributed by atoms with Crippen LogP contribution in [0.3, 0.4) is 0 Å². The first-order valence-electron chi connectivity index (χ1n) is 6.93. The molecule has 0 N–H and O–H groups in total. The van der Waals surface area contributed by atoms with Crippen molar-refractivity contribution in [3.8, 4) is 24.3 Å². The zero-order valence-corrected chi connectivity index (χ0v) is 14.8.